The molecular formula is C10H13N3O2. The third kappa shape index (κ3) is 1.99. The number of nitrogens with two attached hydrogens (primary N) is 1. The monoisotopic (exact) mass is 207 g/mol. The van der Waals surface area contributed by atoms with E-state index < -0.39 is 12.5 Å². The molecule has 0 bridgehead atoms. The molecule has 2 atom stereocenters. The highest BCUT2D eigenvalue weighted by atomic mass is 16.3. The van der Waals surface area contributed by atoms with Crippen LogP contribution in [0.25, 0.3) is 10.9 Å². The minimum Gasteiger partial charge on any atom is -0.379 e. The van der Waals surface area contributed by atoms with Crippen molar-refractivity contribution in [3.8, 4) is 0 Å². The number of nitrogens with zero attached hydrogens (tertiary/aromatic N) is 2. The molecule has 4 N–H and O–H groups in total. The van der Waals surface area contributed by atoms with Gasteiger partial charge in [0.1, 0.15) is 6.23 Å². The van der Waals surface area contributed by atoms with Crippen molar-refractivity contribution in [1.29, 1.82) is 0 Å². The molecule has 15 heavy (non-hydrogen) atoms. The first-order chi connectivity index (χ1) is 7.18. The zero-order chi connectivity index (χ0) is 10.8. The number of aliphatic hydroxyl groups is 2. The number of hydrogen-bond donors (Lipinski definition) is 3. The summed E-state index contributed by atoms with van der Waals surface area (Å²) in [6.07, 6.45) is -0.208. The largest absolute Gasteiger partial charge is 0.379 e. The second-order valence-electron chi connectivity index (χ2n) is 3.43. The lowest BCUT2D eigenvalue weighted by Crippen LogP contribution is -2.24. The van der Waals surface area contributed by atoms with Gasteiger partial charge in [-0.2, -0.15) is 5.10 Å². The molecule has 80 valence electrons. The van der Waals surface area contributed by atoms with Crippen LogP contribution in [0, 0.1) is 0 Å². The number of fused-ring (bicyclic) bond motifs is 1. The number of rotatable bonds is 3. The summed E-state index contributed by atoms with van der Waals surface area (Å²) < 4.78 is 1.45. The van der Waals surface area contributed by atoms with Crippen LogP contribution in [0.4, 0.5) is 0 Å². The van der Waals surface area contributed by atoms with Crippen molar-refractivity contribution in [2.75, 3.05) is 0 Å². The van der Waals surface area contributed by atoms with E-state index in [9.17, 15) is 5.11 Å². The van der Waals surface area contributed by atoms with Crippen molar-refractivity contribution in [2.24, 2.45) is 5.73 Å². The second kappa shape index (κ2) is 3.98. The van der Waals surface area contributed by atoms with Gasteiger partial charge in [-0.05, 0) is 6.07 Å². The molecule has 0 radical (unpaired) electrons. The number of aromatic nitrogens is 2. The summed E-state index contributed by atoms with van der Waals surface area (Å²) in [6, 6.07) is 7.53. The molecule has 1 aromatic carbocycles. The average molecular weight is 207 g/mol. The molecule has 1 aromatic heterocycles. The second-order valence-corrected chi connectivity index (χ2v) is 3.43. The minimum absolute atomic E-state index is 0.0612. The van der Waals surface area contributed by atoms with Gasteiger partial charge >= 0.3 is 0 Å². The Kier molecular flexibility index (Phi) is 2.68. The standard InChI is InChI=1S/C10H13N3O2/c11-9(14)5-10(15)13-8-4-2-1-3-7(8)6-12-13/h1-4,6,9-10,14-15H,5,11H2. The van der Waals surface area contributed by atoms with Crippen molar-refractivity contribution in [3.63, 3.8) is 0 Å². The number of hydrogen-bond acceptors (Lipinski definition) is 4. The van der Waals surface area contributed by atoms with Crippen LogP contribution in [0.15, 0.2) is 30.5 Å². The smallest absolute Gasteiger partial charge is 0.151 e. The lowest BCUT2D eigenvalue weighted by molar-refractivity contribution is 0.0336. The molecule has 0 spiro atoms. The maximum atomic E-state index is 9.74. The molecular weight excluding hydrogens is 194 g/mol. The molecule has 0 aliphatic carbocycles. The van der Waals surface area contributed by atoms with Gasteiger partial charge in [0, 0.05) is 11.8 Å². The Hall–Kier alpha value is -1.43. The normalized spacial score (nSPS) is 15.4. The van der Waals surface area contributed by atoms with Crippen LogP contribution in [0.5, 0.6) is 0 Å². The Morgan fingerprint density at radius 2 is 2.07 bits per heavy atom. The summed E-state index contributed by atoms with van der Waals surface area (Å²) in [5.74, 6) is 0. The van der Waals surface area contributed by atoms with E-state index in [0.29, 0.717) is 0 Å². The molecule has 5 heteroatoms. The highest BCUT2D eigenvalue weighted by Gasteiger charge is 2.13. The van der Waals surface area contributed by atoms with Gasteiger partial charge in [-0.1, -0.05) is 18.2 Å². The third-order valence-electron chi connectivity index (χ3n) is 2.24. The summed E-state index contributed by atoms with van der Waals surface area (Å²) >= 11 is 0. The zero-order valence-corrected chi connectivity index (χ0v) is 8.11. The van der Waals surface area contributed by atoms with Gasteiger partial charge in [-0.3, -0.25) is 0 Å². The Morgan fingerprint density at radius 3 is 2.80 bits per heavy atom. The fourth-order valence-corrected chi connectivity index (χ4v) is 1.55. The van der Waals surface area contributed by atoms with Crippen LogP contribution in [-0.2, 0) is 0 Å². The van der Waals surface area contributed by atoms with Crippen LogP contribution in [0.1, 0.15) is 12.6 Å². The fraction of sp³-hybridized carbons (Fsp3) is 0.300. The van der Waals surface area contributed by atoms with Crippen molar-refractivity contribution >= 4 is 10.9 Å². The summed E-state index contributed by atoms with van der Waals surface area (Å²) in [5.41, 5.74) is 6.02. The van der Waals surface area contributed by atoms with E-state index in [-0.39, 0.29) is 6.42 Å². The van der Waals surface area contributed by atoms with Crippen LogP contribution in [0.2, 0.25) is 0 Å². The molecule has 2 aromatic rings. The van der Waals surface area contributed by atoms with Gasteiger partial charge in [0.2, 0.25) is 0 Å². The van der Waals surface area contributed by atoms with Gasteiger partial charge in [-0.15, -0.1) is 0 Å². The van der Waals surface area contributed by atoms with Crippen molar-refractivity contribution in [1.82, 2.24) is 9.78 Å². The highest BCUT2D eigenvalue weighted by Crippen LogP contribution is 2.18. The number of benzene rings is 1. The Bertz CT molecular complexity index is 453. The number of para-hydroxylation sites is 1. The maximum Gasteiger partial charge on any atom is 0.151 e. The van der Waals surface area contributed by atoms with E-state index >= 15 is 0 Å². The van der Waals surface area contributed by atoms with Gasteiger partial charge < -0.3 is 15.9 Å². The van der Waals surface area contributed by atoms with Crippen LogP contribution < -0.4 is 5.73 Å². The van der Waals surface area contributed by atoms with E-state index in [1.165, 1.54) is 4.68 Å². The quantitative estimate of drug-likeness (QED) is 0.627. The molecule has 2 rings (SSSR count). The molecule has 0 saturated heterocycles. The fourth-order valence-electron chi connectivity index (χ4n) is 1.55. The average Bonchev–Trinajstić information content (AvgIpc) is 2.59. The highest BCUT2D eigenvalue weighted by molar-refractivity contribution is 5.78. The van der Waals surface area contributed by atoms with E-state index in [1.54, 1.807) is 6.20 Å². The number of aliphatic hydroxyl groups excluding tert-OH is 2. The Morgan fingerprint density at radius 1 is 1.33 bits per heavy atom. The zero-order valence-electron chi connectivity index (χ0n) is 8.11. The van der Waals surface area contributed by atoms with Gasteiger partial charge in [0.05, 0.1) is 11.7 Å². The maximum absolute atomic E-state index is 9.74. The van der Waals surface area contributed by atoms with E-state index in [1.807, 2.05) is 24.3 Å². The molecule has 0 aliphatic rings. The van der Waals surface area contributed by atoms with Gasteiger partial charge in [0.25, 0.3) is 0 Å². The lowest BCUT2D eigenvalue weighted by Gasteiger charge is -2.13. The van der Waals surface area contributed by atoms with Crippen LogP contribution in [0.3, 0.4) is 0 Å². The van der Waals surface area contributed by atoms with Crippen molar-refractivity contribution in [3.05, 3.63) is 30.5 Å². The first-order valence-corrected chi connectivity index (χ1v) is 4.72. The molecule has 5 nitrogen and oxygen atoms in total. The summed E-state index contributed by atoms with van der Waals surface area (Å²) in [5, 5.41) is 23.7. The van der Waals surface area contributed by atoms with Gasteiger partial charge in [0.15, 0.2) is 6.23 Å². The lowest BCUT2D eigenvalue weighted by atomic mass is 10.2. The molecule has 0 saturated carbocycles. The van der Waals surface area contributed by atoms with E-state index in [0.717, 1.165) is 10.9 Å². The van der Waals surface area contributed by atoms with Crippen molar-refractivity contribution in [2.45, 2.75) is 18.9 Å². The summed E-state index contributed by atoms with van der Waals surface area (Å²) in [6.45, 7) is 0. The van der Waals surface area contributed by atoms with Crippen molar-refractivity contribution < 1.29 is 10.2 Å². The first kappa shape index (κ1) is 10.1. The predicted octanol–water partition coefficient (Wildman–Crippen LogP) is 0.194. The summed E-state index contributed by atoms with van der Waals surface area (Å²) in [7, 11) is 0. The molecule has 0 amide bonds. The molecule has 0 aliphatic heterocycles. The van der Waals surface area contributed by atoms with Crippen LogP contribution in [-0.4, -0.2) is 26.2 Å². The van der Waals surface area contributed by atoms with Crippen LogP contribution >= 0.6 is 0 Å². The minimum atomic E-state index is -1.04. The summed E-state index contributed by atoms with van der Waals surface area (Å²) in [4.78, 5) is 0. The van der Waals surface area contributed by atoms with Gasteiger partial charge in [-0.25, -0.2) is 4.68 Å². The topological polar surface area (TPSA) is 84.3 Å². The molecule has 0 fully saturated rings. The molecule has 1 heterocycles. The first-order valence-electron chi connectivity index (χ1n) is 4.72. The van der Waals surface area contributed by atoms with E-state index in [4.69, 9.17) is 10.8 Å². The Labute approximate surface area is 86.7 Å². The molecule has 2 unspecified atom stereocenters. The van der Waals surface area contributed by atoms with E-state index in [2.05, 4.69) is 5.10 Å². The SMILES string of the molecule is NC(O)CC(O)n1ncc2ccccc21. The third-order valence-corrected chi connectivity index (χ3v) is 2.24. The Balaban J connectivity index is 2.35. The predicted molar refractivity (Wildman–Crippen MR) is 55.8 cm³/mol.